The summed E-state index contributed by atoms with van der Waals surface area (Å²) >= 11 is 0. The summed E-state index contributed by atoms with van der Waals surface area (Å²) in [5.74, 6) is -0.289. The van der Waals surface area contributed by atoms with E-state index in [0.29, 0.717) is 30.6 Å². The van der Waals surface area contributed by atoms with Crippen molar-refractivity contribution < 1.29 is 14.5 Å². The number of likely N-dealkylation sites (tertiary alicyclic amines) is 2. The number of nitro benzene ring substituents is 1. The number of rotatable bonds is 8. The monoisotopic (exact) mass is 408 g/mol. The fourth-order valence-electron chi connectivity index (χ4n) is 4.27. The largest absolute Gasteiger partial charge is 0.399 e. The number of ketones is 1. The molecule has 2 aliphatic heterocycles. The molecule has 2 N–H and O–H groups in total. The second kappa shape index (κ2) is 7.97. The minimum Gasteiger partial charge on any atom is -0.399 e. The lowest BCUT2D eigenvalue weighted by Gasteiger charge is -2.48. The number of non-ortho nitro benzene ring substituents is 1. The normalized spacial score (nSPS) is 19.7. The van der Waals surface area contributed by atoms with Gasteiger partial charge in [-0.05, 0) is 36.1 Å². The lowest BCUT2D eigenvalue weighted by atomic mass is 9.77. The minimum atomic E-state index is -1.57. The van der Waals surface area contributed by atoms with Crippen LogP contribution in [0.2, 0.25) is 0 Å². The number of benzene rings is 2. The van der Waals surface area contributed by atoms with Crippen molar-refractivity contribution in [2.75, 3.05) is 31.9 Å². The van der Waals surface area contributed by atoms with E-state index in [4.69, 9.17) is 5.73 Å². The molecule has 2 aromatic carbocycles. The summed E-state index contributed by atoms with van der Waals surface area (Å²) in [6, 6.07) is 12.4. The molecule has 2 heterocycles. The molecule has 0 spiro atoms. The average Bonchev–Trinajstić information content (AvgIpc) is 2.66. The first-order valence-electron chi connectivity index (χ1n) is 10.1. The van der Waals surface area contributed by atoms with E-state index in [9.17, 15) is 19.7 Å². The summed E-state index contributed by atoms with van der Waals surface area (Å²) in [6.07, 6.45) is 2.50. The molecule has 4 rings (SSSR count). The van der Waals surface area contributed by atoms with Crippen LogP contribution in [0.4, 0.5) is 11.4 Å². The Morgan fingerprint density at radius 1 is 1.10 bits per heavy atom. The van der Waals surface area contributed by atoms with E-state index in [1.54, 1.807) is 24.3 Å². The molecule has 2 saturated heterocycles. The fraction of sp³-hybridized carbons (Fsp3) is 0.364. The van der Waals surface area contributed by atoms with Gasteiger partial charge in [0.15, 0.2) is 17.6 Å². The Morgan fingerprint density at radius 3 is 2.33 bits per heavy atom. The molecule has 0 aliphatic carbocycles. The van der Waals surface area contributed by atoms with Crippen molar-refractivity contribution in [3.63, 3.8) is 0 Å². The lowest BCUT2D eigenvalue weighted by molar-refractivity contribution is -0.385. The van der Waals surface area contributed by atoms with Gasteiger partial charge in [-0.1, -0.05) is 24.3 Å². The number of nitrogens with zero attached hydrogens (tertiary/aromatic N) is 3. The molecule has 30 heavy (non-hydrogen) atoms. The van der Waals surface area contributed by atoms with Crippen LogP contribution in [0, 0.1) is 10.1 Å². The summed E-state index contributed by atoms with van der Waals surface area (Å²) < 4.78 is 0. The van der Waals surface area contributed by atoms with Gasteiger partial charge >= 0.3 is 0 Å². The molecule has 8 heteroatoms. The first-order chi connectivity index (χ1) is 14.5. The molecule has 0 bridgehead atoms. The predicted molar refractivity (Wildman–Crippen MR) is 112 cm³/mol. The van der Waals surface area contributed by atoms with Crippen molar-refractivity contribution in [3.05, 3.63) is 69.8 Å². The van der Waals surface area contributed by atoms with E-state index in [1.165, 1.54) is 18.2 Å². The molecule has 8 nitrogen and oxygen atoms in total. The first-order valence-corrected chi connectivity index (χ1v) is 10.1. The number of nitrogens with two attached hydrogens (primary N) is 1. The molecule has 2 aromatic rings. The Hall–Kier alpha value is -3.10. The molecule has 0 amide bonds. The topological polar surface area (TPSA) is 110 Å². The van der Waals surface area contributed by atoms with Crippen molar-refractivity contribution in [2.24, 2.45) is 0 Å². The van der Waals surface area contributed by atoms with Gasteiger partial charge < -0.3 is 10.5 Å². The highest BCUT2D eigenvalue weighted by molar-refractivity contribution is 6.07. The van der Waals surface area contributed by atoms with E-state index < -0.39 is 16.5 Å². The van der Waals surface area contributed by atoms with Crippen LogP contribution in [0.5, 0.6) is 0 Å². The molecule has 0 aromatic heterocycles. The summed E-state index contributed by atoms with van der Waals surface area (Å²) in [4.78, 5) is 41.5. The van der Waals surface area contributed by atoms with Crippen molar-refractivity contribution in [3.8, 4) is 0 Å². The van der Waals surface area contributed by atoms with Crippen LogP contribution in [0.3, 0.4) is 0 Å². The number of carbonyl (C=O) groups is 2. The molecular formula is C22H24N4O4. The average molecular weight is 408 g/mol. The third-order valence-corrected chi connectivity index (χ3v) is 6.13. The van der Waals surface area contributed by atoms with E-state index in [-0.39, 0.29) is 11.5 Å². The number of carbonyl (C=O) groups excluding carboxylic acids is 2. The highest BCUT2D eigenvalue weighted by atomic mass is 16.6. The van der Waals surface area contributed by atoms with Gasteiger partial charge in [0.05, 0.1) is 11.0 Å². The van der Waals surface area contributed by atoms with Crippen LogP contribution in [-0.2, 0) is 15.1 Å². The van der Waals surface area contributed by atoms with Gasteiger partial charge in [-0.25, -0.2) is 0 Å². The number of hydrogen-bond donors (Lipinski definition) is 1. The van der Waals surface area contributed by atoms with E-state index in [0.717, 1.165) is 31.5 Å². The van der Waals surface area contributed by atoms with Gasteiger partial charge in [0.2, 0.25) is 0 Å². The van der Waals surface area contributed by atoms with Gasteiger partial charge in [-0.15, -0.1) is 0 Å². The van der Waals surface area contributed by atoms with Crippen molar-refractivity contribution >= 4 is 23.4 Å². The van der Waals surface area contributed by atoms with E-state index in [2.05, 4.69) is 0 Å². The Labute approximate surface area is 174 Å². The van der Waals surface area contributed by atoms with Gasteiger partial charge in [0, 0.05) is 44.0 Å². The molecule has 2 unspecified atom stereocenters. The van der Waals surface area contributed by atoms with Crippen LogP contribution in [0.25, 0.3) is 0 Å². The van der Waals surface area contributed by atoms with Gasteiger partial charge in [-0.2, -0.15) is 0 Å². The summed E-state index contributed by atoms with van der Waals surface area (Å²) in [5.41, 5.74) is 5.87. The maximum Gasteiger partial charge on any atom is 0.269 e. The highest BCUT2D eigenvalue weighted by Crippen LogP contribution is 2.40. The van der Waals surface area contributed by atoms with Crippen LogP contribution < -0.4 is 5.73 Å². The molecule has 2 atom stereocenters. The fourth-order valence-corrected chi connectivity index (χ4v) is 4.27. The SMILES string of the molecule is Nc1cccc(C(C(=O)C(C=O)(c2cccc([N+](=O)[O-])c2)N2CCC2)N2CCC2)c1. The molecule has 2 aliphatic rings. The molecule has 2 fully saturated rings. The molecular weight excluding hydrogens is 384 g/mol. The third-order valence-electron chi connectivity index (χ3n) is 6.13. The summed E-state index contributed by atoms with van der Waals surface area (Å²) in [5, 5.41) is 11.3. The van der Waals surface area contributed by atoms with Gasteiger partial charge in [0.1, 0.15) is 0 Å². The van der Waals surface area contributed by atoms with Gasteiger partial charge in [-0.3, -0.25) is 24.7 Å². The Morgan fingerprint density at radius 2 is 1.80 bits per heavy atom. The van der Waals surface area contributed by atoms with Crippen molar-refractivity contribution in [1.82, 2.24) is 9.80 Å². The second-order valence-corrected chi connectivity index (χ2v) is 7.86. The second-order valence-electron chi connectivity index (χ2n) is 7.86. The minimum absolute atomic E-state index is 0.142. The van der Waals surface area contributed by atoms with Gasteiger partial charge in [0.25, 0.3) is 5.69 Å². The number of nitrogen functional groups attached to an aromatic ring is 1. The zero-order valence-electron chi connectivity index (χ0n) is 16.6. The van der Waals surface area contributed by atoms with Crippen LogP contribution >= 0.6 is 0 Å². The van der Waals surface area contributed by atoms with Crippen LogP contribution in [0.1, 0.15) is 30.0 Å². The summed E-state index contributed by atoms with van der Waals surface area (Å²) in [6.45, 7) is 2.65. The zero-order valence-corrected chi connectivity index (χ0v) is 16.6. The molecule has 0 saturated carbocycles. The first kappa shape index (κ1) is 20.2. The zero-order chi connectivity index (χ0) is 21.3. The van der Waals surface area contributed by atoms with Crippen LogP contribution in [0.15, 0.2) is 48.5 Å². The third kappa shape index (κ3) is 3.28. The molecule has 0 radical (unpaired) electrons. The number of nitro groups is 1. The van der Waals surface area contributed by atoms with E-state index in [1.807, 2.05) is 15.9 Å². The maximum absolute atomic E-state index is 14.1. The number of Topliss-reactive ketones (excluding diaryl/α,β-unsaturated/α-hetero) is 1. The number of anilines is 1. The smallest absolute Gasteiger partial charge is 0.269 e. The Balaban J connectivity index is 1.85. The lowest BCUT2D eigenvalue weighted by Crippen LogP contribution is -2.62. The highest BCUT2D eigenvalue weighted by Gasteiger charge is 2.52. The van der Waals surface area contributed by atoms with Crippen molar-refractivity contribution in [2.45, 2.75) is 24.4 Å². The Kier molecular flexibility index (Phi) is 5.36. The number of aldehydes is 1. The predicted octanol–water partition coefficient (Wildman–Crippen LogP) is 2.29. The Bertz CT molecular complexity index is 987. The van der Waals surface area contributed by atoms with Crippen LogP contribution in [-0.4, -0.2) is 53.0 Å². The quantitative estimate of drug-likeness (QED) is 0.235. The van der Waals surface area contributed by atoms with E-state index >= 15 is 0 Å². The summed E-state index contributed by atoms with van der Waals surface area (Å²) in [7, 11) is 0. The maximum atomic E-state index is 14.1. The number of hydrogen-bond acceptors (Lipinski definition) is 7. The standard InChI is InChI=1S/C22H24N4O4/c23-18-7-1-5-16(13-18)20(24-9-3-10-24)21(28)22(15-27,25-11-4-12-25)17-6-2-8-19(14-17)26(29)30/h1-2,5-8,13-15,20H,3-4,9-12,23H2. The van der Waals surface area contributed by atoms with Crippen molar-refractivity contribution in [1.29, 1.82) is 0 Å². The molecule has 156 valence electrons.